The highest BCUT2D eigenvalue weighted by molar-refractivity contribution is 6.80. The van der Waals surface area contributed by atoms with Gasteiger partial charge in [-0.3, -0.25) is 10.0 Å². The van der Waals surface area contributed by atoms with Crippen LogP contribution in [0.25, 0.3) is 0 Å². The van der Waals surface area contributed by atoms with Crippen LogP contribution in [0.3, 0.4) is 0 Å². The van der Waals surface area contributed by atoms with Gasteiger partial charge in [0.25, 0.3) is 0 Å². The van der Waals surface area contributed by atoms with Crippen molar-refractivity contribution in [3.8, 4) is 11.5 Å². The Kier molecular flexibility index (Phi) is 5.96. The zero-order valence-corrected chi connectivity index (χ0v) is 11.3. The van der Waals surface area contributed by atoms with Crippen LogP contribution in [0.5, 0.6) is 11.5 Å². The topological polar surface area (TPSA) is 9.23 Å². The molecule has 0 amide bonds. The Morgan fingerprint density at radius 3 is 1.33 bits per heavy atom. The van der Waals surface area contributed by atoms with E-state index in [-0.39, 0.29) is 0 Å². The summed E-state index contributed by atoms with van der Waals surface area (Å²) < 4.78 is 5.58. The molecular formula is C12H12AlClO. The molecule has 1 nitrogen and oxygen atoms in total. The Bertz CT molecular complexity index is 326. The van der Waals surface area contributed by atoms with Crippen LogP contribution in [0, 0.1) is 0 Å². The van der Waals surface area contributed by atoms with Crippen LogP contribution in [-0.4, -0.2) is 15.4 Å². The van der Waals surface area contributed by atoms with Gasteiger partial charge in [-0.05, 0) is 24.3 Å². The molecule has 0 aromatic heterocycles. The van der Waals surface area contributed by atoms with Crippen LogP contribution in [0.2, 0.25) is 0 Å². The van der Waals surface area contributed by atoms with Crippen LogP contribution in [0.15, 0.2) is 60.7 Å². The van der Waals surface area contributed by atoms with E-state index in [1.165, 1.54) is 0 Å². The Morgan fingerprint density at radius 2 is 1.00 bits per heavy atom. The predicted molar refractivity (Wildman–Crippen MR) is 67.4 cm³/mol. The van der Waals surface area contributed by atoms with Gasteiger partial charge >= 0.3 is 15.4 Å². The lowest BCUT2D eigenvalue weighted by Gasteiger charge is -2.03. The largest absolute Gasteiger partial charge is 0.457 e. The van der Waals surface area contributed by atoms with Crippen LogP contribution in [0.4, 0.5) is 0 Å². The van der Waals surface area contributed by atoms with Gasteiger partial charge in [0.1, 0.15) is 11.5 Å². The summed E-state index contributed by atoms with van der Waals surface area (Å²) in [5, 5.41) is 0. The maximum atomic E-state index is 5.58. The first kappa shape index (κ1) is 12.1. The summed E-state index contributed by atoms with van der Waals surface area (Å²) >= 11 is 0.778. The average Bonchev–Trinajstić information content (AvgIpc) is 2.34. The van der Waals surface area contributed by atoms with E-state index in [0.717, 1.165) is 26.9 Å². The summed E-state index contributed by atoms with van der Waals surface area (Å²) in [6.07, 6.45) is 0. The molecule has 0 aliphatic heterocycles. The summed E-state index contributed by atoms with van der Waals surface area (Å²) in [7, 11) is 4.78. The Labute approximate surface area is 102 Å². The number of para-hydroxylation sites is 2. The van der Waals surface area contributed by atoms with Crippen molar-refractivity contribution >= 4 is 25.4 Å². The second kappa shape index (κ2) is 7.37. The third-order valence-electron chi connectivity index (χ3n) is 1.72. The van der Waals surface area contributed by atoms with Crippen molar-refractivity contribution in [3.63, 3.8) is 0 Å². The first-order valence-electron chi connectivity index (χ1n) is 4.61. The standard InChI is InChI=1S/C12H10O.Al.ClH.2H/c1-3-7-11(8-4-1)13-12-9-5-2-6-10-12;;;;/h1-10H;;1H;;/q;+1;;;/p-1. The molecule has 0 bridgehead atoms. The number of hydrogen-bond acceptors (Lipinski definition) is 1. The molecular weight excluding hydrogens is 223 g/mol. The highest BCUT2D eigenvalue weighted by atomic mass is 35.6. The van der Waals surface area contributed by atoms with Crippen LogP contribution in [0.1, 0.15) is 0 Å². The summed E-state index contributed by atoms with van der Waals surface area (Å²) in [5.74, 6) is 1.74. The van der Waals surface area contributed by atoms with Crippen molar-refractivity contribution in [1.82, 2.24) is 0 Å². The average molecular weight is 235 g/mol. The van der Waals surface area contributed by atoms with Gasteiger partial charge in [0.05, 0.1) is 0 Å². The van der Waals surface area contributed by atoms with Gasteiger partial charge in [0, 0.05) is 0 Å². The molecule has 3 heteroatoms. The molecule has 2 aromatic rings. The van der Waals surface area contributed by atoms with Crippen molar-refractivity contribution < 1.29 is 4.74 Å². The fraction of sp³-hybridized carbons (Fsp3) is 0. The summed E-state index contributed by atoms with van der Waals surface area (Å²) in [4.78, 5) is 0. The Hall–Kier alpha value is -0.938. The molecule has 0 N–H and O–H groups in total. The van der Waals surface area contributed by atoms with Crippen LogP contribution >= 0.6 is 10.0 Å². The van der Waals surface area contributed by atoms with Gasteiger partial charge in [-0.1, -0.05) is 36.4 Å². The zero-order chi connectivity index (χ0) is 10.9. The fourth-order valence-electron chi connectivity index (χ4n) is 1.11. The van der Waals surface area contributed by atoms with E-state index in [2.05, 4.69) is 0 Å². The minimum absolute atomic E-state index is 0.778. The van der Waals surface area contributed by atoms with Crippen molar-refractivity contribution in [2.75, 3.05) is 0 Å². The van der Waals surface area contributed by atoms with E-state index in [4.69, 9.17) is 14.8 Å². The molecule has 0 aliphatic carbocycles. The monoisotopic (exact) mass is 234 g/mol. The van der Waals surface area contributed by atoms with Gasteiger partial charge in [0.2, 0.25) is 0 Å². The predicted octanol–water partition coefficient (Wildman–Crippen LogP) is 3.25. The quantitative estimate of drug-likeness (QED) is 0.725. The van der Waals surface area contributed by atoms with E-state index < -0.39 is 0 Å². The second-order valence-corrected chi connectivity index (χ2v) is 2.73. The normalized spacial score (nSPS) is 8.60. The number of ether oxygens (including phenoxy) is 1. The number of benzene rings is 2. The third-order valence-corrected chi connectivity index (χ3v) is 1.72. The molecule has 2 aromatic carbocycles. The maximum absolute atomic E-state index is 5.58. The van der Waals surface area contributed by atoms with E-state index in [9.17, 15) is 0 Å². The first-order valence-corrected chi connectivity index (χ1v) is 7.63. The van der Waals surface area contributed by atoms with Gasteiger partial charge in [-0.25, -0.2) is 0 Å². The number of hydrogen-bond donors (Lipinski definition) is 0. The highest BCUT2D eigenvalue weighted by Gasteiger charge is 1.92. The summed E-state index contributed by atoms with van der Waals surface area (Å²) in [6, 6.07) is 19.5. The molecule has 0 spiro atoms. The van der Waals surface area contributed by atoms with Gasteiger partial charge in [-0.2, -0.15) is 0 Å². The molecule has 76 valence electrons. The van der Waals surface area contributed by atoms with Crippen molar-refractivity contribution in [2.45, 2.75) is 0 Å². The third kappa shape index (κ3) is 4.40. The summed E-state index contributed by atoms with van der Waals surface area (Å²) in [5.41, 5.74) is 0. The maximum Gasteiger partial charge on any atom is 0.353 e. The van der Waals surface area contributed by atoms with E-state index in [1.807, 2.05) is 60.7 Å². The second-order valence-electron chi connectivity index (χ2n) is 2.73. The van der Waals surface area contributed by atoms with Crippen molar-refractivity contribution in [2.24, 2.45) is 0 Å². The smallest absolute Gasteiger partial charge is 0.353 e. The molecule has 0 saturated carbocycles. The van der Waals surface area contributed by atoms with Gasteiger partial charge in [-0.15, -0.1) is 0 Å². The number of rotatable bonds is 2. The molecule has 0 heterocycles. The molecule has 2 rings (SSSR count). The molecule has 0 fully saturated rings. The molecule has 0 saturated heterocycles. The minimum Gasteiger partial charge on any atom is -0.457 e. The molecule has 0 unspecified atom stereocenters. The molecule has 0 radical (unpaired) electrons. The Morgan fingerprint density at radius 1 is 0.667 bits per heavy atom. The Balaban J connectivity index is 0.000000531. The van der Waals surface area contributed by atoms with Crippen LogP contribution < -0.4 is 4.74 Å². The molecule has 0 aliphatic rings. The lowest BCUT2D eigenvalue weighted by atomic mass is 10.3. The lowest BCUT2D eigenvalue weighted by Crippen LogP contribution is -1.81. The fourth-order valence-corrected chi connectivity index (χ4v) is 1.11. The highest BCUT2D eigenvalue weighted by Crippen LogP contribution is 2.19. The van der Waals surface area contributed by atoms with Crippen LogP contribution in [-0.2, 0) is 0 Å². The summed E-state index contributed by atoms with van der Waals surface area (Å²) in [6.45, 7) is 0. The SMILES string of the molecule is [AlH2][Cl].c1ccc(Oc2ccccc2)cc1. The van der Waals surface area contributed by atoms with E-state index in [0.29, 0.717) is 0 Å². The van der Waals surface area contributed by atoms with Crippen molar-refractivity contribution in [1.29, 1.82) is 0 Å². The minimum atomic E-state index is 0.778. The van der Waals surface area contributed by atoms with E-state index in [1.54, 1.807) is 0 Å². The van der Waals surface area contributed by atoms with Gasteiger partial charge < -0.3 is 4.74 Å². The zero-order valence-electron chi connectivity index (χ0n) is 8.56. The van der Waals surface area contributed by atoms with Crippen molar-refractivity contribution in [3.05, 3.63) is 60.7 Å². The van der Waals surface area contributed by atoms with Gasteiger partial charge in [0.15, 0.2) is 0 Å². The van der Waals surface area contributed by atoms with E-state index >= 15 is 0 Å². The molecule has 0 atom stereocenters. The lowest BCUT2D eigenvalue weighted by molar-refractivity contribution is 0.482. The molecule has 15 heavy (non-hydrogen) atoms. The number of halogens is 1. The first-order chi connectivity index (χ1) is 7.45.